The highest BCUT2D eigenvalue weighted by Crippen LogP contribution is 1.99. The van der Waals surface area contributed by atoms with Crippen LogP contribution >= 0.6 is 0 Å². The van der Waals surface area contributed by atoms with Crippen molar-refractivity contribution >= 4 is 0 Å². The van der Waals surface area contributed by atoms with Crippen molar-refractivity contribution in [3.8, 4) is 0 Å². The standard InChI is InChI=1S/C14H16N.ClHO4/c1-13-7-10-15(11-8-13)12-9-14-5-3-2-4-6-14;2-1(3,4)5/h2-8,10-11H,9,12H2,1H3;(H,2,3,4,5)/q+1;/p-1. The van der Waals surface area contributed by atoms with Crippen molar-refractivity contribution in [2.24, 2.45) is 0 Å². The van der Waals surface area contributed by atoms with Crippen LogP contribution in [-0.4, -0.2) is 0 Å². The van der Waals surface area contributed by atoms with Crippen LogP contribution in [0.2, 0.25) is 0 Å². The second-order valence-corrected chi connectivity index (χ2v) is 4.98. The van der Waals surface area contributed by atoms with Crippen LogP contribution in [0.5, 0.6) is 0 Å². The molecule has 0 N–H and O–H groups in total. The zero-order valence-electron chi connectivity index (χ0n) is 11.1. The molecule has 0 atom stereocenters. The molecule has 2 rings (SSSR count). The highest BCUT2D eigenvalue weighted by atomic mass is 35.7. The molecule has 0 amide bonds. The molecule has 1 heterocycles. The summed E-state index contributed by atoms with van der Waals surface area (Å²) in [5.41, 5.74) is 2.71. The maximum absolute atomic E-state index is 8.49. The van der Waals surface area contributed by atoms with Crippen LogP contribution in [0.3, 0.4) is 0 Å². The van der Waals surface area contributed by atoms with Gasteiger partial charge in [-0.2, -0.15) is 0 Å². The minimum Gasteiger partial charge on any atom is -0.222 e. The van der Waals surface area contributed by atoms with Crippen molar-refractivity contribution in [3.63, 3.8) is 0 Å². The minimum absolute atomic E-state index is 1.05. The van der Waals surface area contributed by atoms with Crippen molar-refractivity contribution in [1.82, 2.24) is 0 Å². The first kappa shape index (κ1) is 16.6. The molecule has 2 aromatic rings. The molecule has 0 aliphatic rings. The maximum Gasteiger partial charge on any atom is 0.169 e. The molecular weight excluding hydrogens is 282 g/mol. The van der Waals surface area contributed by atoms with Gasteiger partial charge in [-0.15, -0.1) is 10.2 Å². The summed E-state index contributed by atoms with van der Waals surface area (Å²) >= 11 is 0. The highest BCUT2D eigenvalue weighted by Gasteiger charge is 1.99. The fraction of sp³-hybridized carbons (Fsp3) is 0.214. The Hall–Kier alpha value is -1.50. The summed E-state index contributed by atoms with van der Waals surface area (Å²) in [6.45, 7) is 3.16. The highest BCUT2D eigenvalue weighted by molar-refractivity contribution is 5.14. The predicted molar refractivity (Wildman–Crippen MR) is 61.5 cm³/mol. The van der Waals surface area contributed by atoms with E-state index in [-0.39, 0.29) is 0 Å². The van der Waals surface area contributed by atoms with Crippen LogP contribution in [0.4, 0.5) is 0 Å². The number of aromatic nitrogens is 1. The summed E-state index contributed by atoms with van der Waals surface area (Å²) in [6, 6.07) is 14.9. The monoisotopic (exact) mass is 297 g/mol. The van der Waals surface area contributed by atoms with Crippen LogP contribution in [0.1, 0.15) is 11.1 Å². The first-order valence-electron chi connectivity index (χ1n) is 5.96. The molecule has 1 aromatic heterocycles. The molecule has 0 radical (unpaired) electrons. The van der Waals surface area contributed by atoms with Crippen molar-refractivity contribution in [3.05, 3.63) is 66.0 Å². The molecular formula is C14H16ClNO4. The van der Waals surface area contributed by atoms with Crippen LogP contribution < -0.4 is 23.2 Å². The summed E-state index contributed by atoms with van der Waals surface area (Å²) in [5.74, 6) is 0. The number of rotatable bonds is 3. The van der Waals surface area contributed by atoms with Gasteiger partial charge in [-0.05, 0) is 18.1 Å². The van der Waals surface area contributed by atoms with E-state index >= 15 is 0 Å². The van der Waals surface area contributed by atoms with E-state index in [1.54, 1.807) is 0 Å². The summed E-state index contributed by atoms with van der Waals surface area (Å²) in [7, 11) is -4.94. The third-order valence-electron chi connectivity index (χ3n) is 2.56. The van der Waals surface area contributed by atoms with Crippen molar-refractivity contribution in [1.29, 1.82) is 0 Å². The van der Waals surface area contributed by atoms with Gasteiger partial charge in [0.05, 0.1) is 0 Å². The summed E-state index contributed by atoms with van der Waals surface area (Å²) in [4.78, 5) is 0. The Balaban J connectivity index is 0.000000347. The lowest BCUT2D eigenvalue weighted by molar-refractivity contribution is -2.00. The number of hydrogen-bond acceptors (Lipinski definition) is 4. The molecule has 0 bridgehead atoms. The lowest BCUT2D eigenvalue weighted by atomic mass is 10.1. The zero-order chi connectivity index (χ0) is 15.0. The second-order valence-electron chi connectivity index (χ2n) is 4.23. The van der Waals surface area contributed by atoms with Crippen molar-refractivity contribution in [2.75, 3.05) is 0 Å². The van der Waals surface area contributed by atoms with Gasteiger partial charge in [0, 0.05) is 18.6 Å². The van der Waals surface area contributed by atoms with Crippen LogP contribution in [0.25, 0.3) is 0 Å². The van der Waals surface area contributed by atoms with E-state index in [9.17, 15) is 0 Å². The zero-order valence-corrected chi connectivity index (χ0v) is 11.8. The van der Waals surface area contributed by atoms with Gasteiger partial charge in [0.2, 0.25) is 0 Å². The van der Waals surface area contributed by atoms with Crippen molar-refractivity contribution in [2.45, 2.75) is 19.9 Å². The Morgan fingerprint density at radius 2 is 1.40 bits per heavy atom. The SMILES string of the molecule is Cc1cc[n+](CCc2ccccc2)cc1.[O-][Cl+3]([O-])([O-])[O-]. The van der Waals surface area contributed by atoms with Gasteiger partial charge in [0.15, 0.2) is 18.9 Å². The topological polar surface area (TPSA) is 96.1 Å². The van der Waals surface area contributed by atoms with Gasteiger partial charge in [0.1, 0.15) is 0 Å². The van der Waals surface area contributed by atoms with Gasteiger partial charge in [-0.25, -0.2) is 23.2 Å². The first-order valence-corrected chi connectivity index (χ1v) is 7.19. The van der Waals surface area contributed by atoms with E-state index in [2.05, 4.69) is 66.3 Å². The molecule has 0 fully saturated rings. The lowest BCUT2D eigenvalue weighted by Crippen LogP contribution is -2.68. The molecule has 0 aliphatic heterocycles. The lowest BCUT2D eigenvalue weighted by Gasteiger charge is -2.17. The molecule has 20 heavy (non-hydrogen) atoms. The van der Waals surface area contributed by atoms with Crippen LogP contribution in [0.15, 0.2) is 54.9 Å². The van der Waals surface area contributed by atoms with E-state index in [1.165, 1.54) is 11.1 Å². The summed E-state index contributed by atoms with van der Waals surface area (Å²) < 4.78 is 36.2. The third kappa shape index (κ3) is 8.58. The first-order chi connectivity index (χ1) is 9.34. The number of pyridine rings is 1. The average Bonchev–Trinajstić information content (AvgIpc) is 2.37. The smallest absolute Gasteiger partial charge is 0.169 e. The summed E-state index contributed by atoms with van der Waals surface area (Å²) in [6.07, 6.45) is 5.37. The van der Waals surface area contributed by atoms with E-state index in [0.717, 1.165) is 13.0 Å². The fourth-order valence-corrected chi connectivity index (χ4v) is 1.58. The molecule has 0 saturated heterocycles. The number of nitrogens with zero attached hydrogens (tertiary/aromatic N) is 1. The van der Waals surface area contributed by atoms with E-state index in [0.29, 0.717) is 0 Å². The Bertz CT molecular complexity index is 491. The number of benzene rings is 1. The Morgan fingerprint density at radius 3 is 1.90 bits per heavy atom. The van der Waals surface area contributed by atoms with Crippen LogP contribution in [-0.2, 0) is 13.0 Å². The summed E-state index contributed by atoms with van der Waals surface area (Å²) in [5, 5.41) is 0. The van der Waals surface area contributed by atoms with Crippen molar-refractivity contribution < 1.29 is 33.4 Å². The minimum atomic E-state index is -4.94. The van der Waals surface area contributed by atoms with Gasteiger partial charge >= 0.3 is 0 Å². The van der Waals surface area contributed by atoms with E-state index in [1.807, 2.05) is 0 Å². The molecule has 0 spiro atoms. The van der Waals surface area contributed by atoms with Gasteiger partial charge in [-0.1, -0.05) is 30.3 Å². The molecule has 1 aromatic carbocycles. The molecule has 6 heteroatoms. The molecule has 0 unspecified atom stereocenters. The van der Waals surface area contributed by atoms with Gasteiger partial charge in [0.25, 0.3) is 0 Å². The fourth-order valence-electron chi connectivity index (χ4n) is 1.58. The molecule has 0 aliphatic carbocycles. The number of halogens is 1. The quantitative estimate of drug-likeness (QED) is 0.599. The molecule has 5 nitrogen and oxygen atoms in total. The normalized spacial score (nSPS) is 10.7. The Kier molecular flexibility index (Phi) is 6.57. The average molecular weight is 298 g/mol. The van der Waals surface area contributed by atoms with Gasteiger partial charge in [-0.3, -0.25) is 0 Å². The Morgan fingerprint density at radius 1 is 0.900 bits per heavy atom. The molecule has 0 saturated carbocycles. The predicted octanol–water partition coefficient (Wildman–Crippen LogP) is -2.23. The van der Waals surface area contributed by atoms with E-state index < -0.39 is 10.2 Å². The van der Waals surface area contributed by atoms with Gasteiger partial charge < -0.3 is 0 Å². The molecule has 108 valence electrons. The number of hydrogen-bond donors (Lipinski definition) is 0. The largest absolute Gasteiger partial charge is 0.222 e. The van der Waals surface area contributed by atoms with E-state index in [4.69, 9.17) is 18.6 Å². The second kappa shape index (κ2) is 7.94. The van der Waals surface area contributed by atoms with Crippen LogP contribution in [0, 0.1) is 17.2 Å². The third-order valence-corrected chi connectivity index (χ3v) is 2.56. The maximum atomic E-state index is 8.49. The Labute approximate surface area is 120 Å². The number of aryl methyl sites for hydroxylation is 3.